The fourth-order valence-electron chi connectivity index (χ4n) is 9.04. The van der Waals surface area contributed by atoms with Crippen LogP contribution in [0.4, 0.5) is 5.82 Å². The van der Waals surface area contributed by atoms with Crippen molar-refractivity contribution in [3.05, 3.63) is 66.1 Å². The Morgan fingerprint density at radius 3 is 2.30 bits per heavy atom. The zero-order valence-corrected chi connectivity index (χ0v) is 25.6. The van der Waals surface area contributed by atoms with Crippen LogP contribution in [0.15, 0.2) is 54.9 Å². The Balaban J connectivity index is 0.906. The number of piperazine rings is 1. The first-order chi connectivity index (χ1) is 21.3. The van der Waals surface area contributed by atoms with Crippen LogP contribution in [0.2, 0.25) is 0 Å². The van der Waals surface area contributed by atoms with Crippen molar-refractivity contribution in [1.82, 2.24) is 25.0 Å². The molecule has 4 bridgehead atoms. The molecule has 3 heterocycles. The van der Waals surface area contributed by atoms with E-state index in [4.69, 9.17) is 0 Å². The number of aromatic hydroxyl groups is 1. The number of benzene rings is 1. The van der Waals surface area contributed by atoms with Crippen LogP contribution >= 0.6 is 0 Å². The molecule has 1 aromatic carbocycles. The van der Waals surface area contributed by atoms with Gasteiger partial charge in [0.05, 0.1) is 6.20 Å². The molecular weight excluding hydrogens is 552 g/mol. The average Bonchev–Trinajstić information content (AvgIpc) is 3.03. The Morgan fingerprint density at radius 1 is 0.932 bits per heavy atom. The van der Waals surface area contributed by atoms with Gasteiger partial charge < -0.3 is 19.8 Å². The lowest BCUT2D eigenvalue weighted by Crippen LogP contribution is -2.51. The van der Waals surface area contributed by atoms with E-state index in [1.807, 2.05) is 47.2 Å². The minimum absolute atomic E-state index is 0.0443. The van der Waals surface area contributed by atoms with Gasteiger partial charge in [-0.1, -0.05) is 24.3 Å². The van der Waals surface area contributed by atoms with Crippen molar-refractivity contribution in [3.8, 4) is 16.9 Å². The number of hydrogen-bond donors (Lipinski definition) is 1. The highest BCUT2D eigenvalue weighted by molar-refractivity contribution is 5.92. The molecule has 0 unspecified atom stereocenters. The van der Waals surface area contributed by atoms with Crippen molar-refractivity contribution in [2.45, 2.75) is 51.4 Å². The van der Waals surface area contributed by atoms with Gasteiger partial charge in [0.25, 0.3) is 5.91 Å². The zero-order valence-electron chi connectivity index (χ0n) is 25.6. The van der Waals surface area contributed by atoms with Gasteiger partial charge in [0.2, 0.25) is 5.91 Å². The first-order valence-corrected chi connectivity index (χ1v) is 16.2. The SMILES string of the molecule is CN(CC12CC3CC(CC(C3)C1)C2)C(=O)c1ccc(N2CCN(C(=O)CCc3ccccc3-c3cncc(O)c3)CC2)nn1. The van der Waals surface area contributed by atoms with Gasteiger partial charge in [-0.3, -0.25) is 14.6 Å². The highest BCUT2D eigenvalue weighted by Crippen LogP contribution is 2.60. The van der Waals surface area contributed by atoms with E-state index in [-0.39, 0.29) is 17.6 Å². The maximum atomic E-state index is 13.3. The van der Waals surface area contributed by atoms with Crippen LogP contribution in [0, 0.1) is 23.2 Å². The van der Waals surface area contributed by atoms with Crippen molar-refractivity contribution >= 4 is 17.6 Å². The van der Waals surface area contributed by atoms with Gasteiger partial charge in [-0.15, -0.1) is 10.2 Å². The lowest BCUT2D eigenvalue weighted by Gasteiger charge is -2.57. The molecule has 0 atom stereocenters. The molecule has 1 N–H and O–H groups in total. The van der Waals surface area contributed by atoms with Crippen LogP contribution in [-0.4, -0.2) is 81.7 Å². The Bertz CT molecular complexity index is 1480. The predicted octanol–water partition coefficient (Wildman–Crippen LogP) is 4.81. The van der Waals surface area contributed by atoms with E-state index in [1.165, 1.54) is 44.7 Å². The largest absolute Gasteiger partial charge is 0.506 e. The molecule has 44 heavy (non-hydrogen) atoms. The molecule has 0 radical (unpaired) electrons. The number of hydrogen-bond acceptors (Lipinski definition) is 7. The third-order valence-corrected chi connectivity index (χ3v) is 10.6. The molecular formula is C35H42N6O3. The second kappa shape index (κ2) is 11.8. The summed E-state index contributed by atoms with van der Waals surface area (Å²) in [4.78, 5) is 36.5. The highest BCUT2D eigenvalue weighted by Gasteiger charge is 2.51. The van der Waals surface area contributed by atoms with Gasteiger partial charge in [0, 0.05) is 58.0 Å². The van der Waals surface area contributed by atoms with Crippen LogP contribution in [0.3, 0.4) is 0 Å². The lowest BCUT2D eigenvalue weighted by atomic mass is 9.49. The van der Waals surface area contributed by atoms with E-state index in [9.17, 15) is 14.7 Å². The van der Waals surface area contributed by atoms with Crippen LogP contribution in [0.1, 0.15) is 61.0 Å². The van der Waals surface area contributed by atoms with Gasteiger partial charge in [0.15, 0.2) is 11.5 Å². The van der Waals surface area contributed by atoms with Gasteiger partial charge in [0.1, 0.15) is 5.75 Å². The zero-order chi connectivity index (χ0) is 30.3. The number of carbonyl (C=O) groups is 2. The normalized spacial score (nSPS) is 25.7. The van der Waals surface area contributed by atoms with Crippen LogP contribution in [0.25, 0.3) is 11.1 Å². The highest BCUT2D eigenvalue weighted by atomic mass is 16.3. The van der Waals surface area contributed by atoms with Crippen molar-refractivity contribution in [2.24, 2.45) is 23.2 Å². The van der Waals surface area contributed by atoms with E-state index < -0.39 is 0 Å². The summed E-state index contributed by atoms with van der Waals surface area (Å²) in [6.45, 7) is 3.41. The number of rotatable bonds is 8. The summed E-state index contributed by atoms with van der Waals surface area (Å²) in [6, 6.07) is 13.3. The first-order valence-electron chi connectivity index (χ1n) is 16.2. The molecule has 4 aliphatic carbocycles. The molecule has 2 aromatic heterocycles. The van der Waals surface area contributed by atoms with E-state index >= 15 is 0 Å². The van der Waals surface area contributed by atoms with Crippen LogP contribution in [0.5, 0.6) is 5.75 Å². The maximum absolute atomic E-state index is 13.3. The molecule has 5 fully saturated rings. The first kappa shape index (κ1) is 28.7. The topological polar surface area (TPSA) is 103 Å². The summed E-state index contributed by atoms with van der Waals surface area (Å²) >= 11 is 0. The summed E-state index contributed by atoms with van der Waals surface area (Å²) in [5.74, 6) is 3.54. The maximum Gasteiger partial charge on any atom is 0.274 e. The monoisotopic (exact) mass is 594 g/mol. The Labute approximate surface area is 259 Å². The van der Waals surface area contributed by atoms with E-state index in [0.29, 0.717) is 50.1 Å². The van der Waals surface area contributed by atoms with E-state index in [1.54, 1.807) is 18.3 Å². The fourth-order valence-corrected chi connectivity index (χ4v) is 9.04. The number of carbonyl (C=O) groups excluding carboxylic acids is 2. The number of amides is 2. The van der Waals surface area contributed by atoms with Crippen molar-refractivity contribution in [3.63, 3.8) is 0 Å². The third-order valence-electron chi connectivity index (χ3n) is 10.6. The molecule has 9 heteroatoms. The predicted molar refractivity (Wildman–Crippen MR) is 168 cm³/mol. The van der Waals surface area contributed by atoms with E-state index in [2.05, 4.69) is 20.1 Å². The summed E-state index contributed by atoms with van der Waals surface area (Å²) < 4.78 is 0. The molecule has 4 saturated carbocycles. The quantitative estimate of drug-likeness (QED) is 0.399. The van der Waals surface area contributed by atoms with Gasteiger partial charge in [-0.25, -0.2) is 0 Å². The molecule has 3 aromatic rings. The Kier molecular flexibility index (Phi) is 7.72. The summed E-state index contributed by atoms with van der Waals surface area (Å²) in [7, 11) is 1.93. The number of anilines is 1. The molecule has 1 aliphatic heterocycles. The van der Waals surface area contributed by atoms with Crippen molar-refractivity contribution in [1.29, 1.82) is 0 Å². The average molecular weight is 595 g/mol. The number of aryl methyl sites for hydroxylation is 1. The molecule has 9 nitrogen and oxygen atoms in total. The summed E-state index contributed by atoms with van der Waals surface area (Å²) in [5, 5.41) is 18.6. The Morgan fingerprint density at radius 2 is 1.64 bits per heavy atom. The molecule has 0 spiro atoms. The fraction of sp³-hybridized carbons (Fsp3) is 0.514. The minimum atomic E-state index is -0.0443. The van der Waals surface area contributed by atoms with Gasteiger partial charge in [-0.2, -0.15) is 0 Å². The van der Waals surface area contributed by atoms with Gasteiger partial charge >= 0.3 is 0 Å². The van der Waals surface area contributed by atoms with Crippen LogP contribution < -0.4 is 4.90 Å². The second-order valence-electron chi connectivity index (χ2n) is 13.8. The lowest BCUT2D eigenvalue weighted by molar-refractivity contribution is -0.131. The summed E-state index contributed by atoms with van der Waals surface area (Å²) in [5.41, 5.74) is 3.57. The standard InChI is InChI=1S/C35H42N6O3/c1-39(23-35-18-24-14-25(19-35)16-26(15-24)20-35)34(44)31-7-8-32(38-37-31)40-10-12-41(13-11-40)33(43)9-6-27-4-2-3-5-30(27)28-17-29(42)22-36-21-28/h2-5,7-8,17,21-22,24-26,42H,6,9-16,18-20,23H2,1H3. The molecule has 2 amide bonds. The van der Waals surface area contributed by atoms with Crippen LogP contribution in [-0.2, 0) is 11.2 Å². The van der Waals surface area contributed by atoms with Crippen molar-refractivity contribution in [2.75, 3.05) is 44.7 Å². The third kappa shape index (κ3) is 5.88. The number of pyridine rings is 1. The smallest absolute Gasteiger partial charge is 0.274 e. The molecule has 8 rings (SSSR count). The molecule has 1 saturated heterocycles. The molecule has 5 aliphatic rings. The van der Waals surface area contributed by atoms with E-state index in [0.717, 1.165) is 46.8 Å². The number of nitrogens with zero attached hydrogens (tertiary/aromatic N) is 6. The molecule has 230 valence electrons. The number of aromatic nitrogens is 3. The second-order valence-corrected chi connectivity index (χ2v) is 13.8. The van der Waals surface area contributed by atoms with Gasteiger partial charge in [-0.05, 0) is 97.4 Å². The summed E-state index contributed by atoms with van der Waals surface area (Å²) in [6.07, 6.45) is 12.2. The minimum Gasteiger partial charge on any atom is -0.506 e. The van der Waals surface area contributed by atoms with Crippen molar-refractivity contribution < 1.29 is 14.7 Å². The Hall–Kier alpha value is -4.01.